The van der Waals surface area contributed by atoms with Gasteiger partial charge in [0, 0.05) is 58.5 Å². The fraction of sp³-hybridized carbons (Fsp3) is 0.944. The first kappa shape index (κ1) is 15.9. The number of rotatable bonds is 3. The Labute approximate surface area is 139 Å². The van der Waals surface area contributed by atoms with Gasteiger partial charge < -0.3 is 19.3 Å². The van der Waals surface area contributed by atoms with Crippen LogP contribution in [-0.4, -0.2) is 73.3 Å². The Morgan fingerprint density at radius 3 is 2.78 bits per heavy atom. The standard InChI is InChI=1S/C18H30N2O3/c21-17-2-1-7-20(17)16-5-11-23-18(12-16)6-8-19(14-18)13-15-3-9-22-10-4-15/h15-16H,1-14H2/t16-,18-/m0/s1. The zero-order valence-corrected chi connectivity index (χ0v) is 14.2. The number of hydrogen-bond donors (Lipinski definition) is 0. The van der Waals surface area contributed by atoms with Gasteiger partial charge in [0.15, 0.2) is 0 Å². The third-order valence-corrected chi connectivity index (χ3v) is 6.27. The summed E-state index contributed by atoms with van der Waals surface area (Å²) in [6, 6.07) is 0.418. The molecule has 130 valence electrons. The van der Waals surface area contributed by atoms with Crippen LogP contribution in [0.1, 0.15) is 44.9 Å². The van der Waals surface area contributed by atoms with E-state index in [1.54, 1.807) is 0 Å². The summed E-state index contributed by atoms with van der Waals surface area (Å²) in [7, 11) is 0. The van der Waals surface area contributed by atoms with Crippen molar-refractivity contribution in [3.8, 4) is 0 Å². The van der Waals surface area contributed by atoms with Crippen LogP contribution in [0.2, 0.25) is 0 Å². The molecular formula is C18H30N2O3. The molecule has 0 radical (unpaired) electrons. The van der Waals surface area contributed by atoms with Crippen LogP contribution < -0.4 is 0 Å². The quantitative estimate of drug-likeness (QED) is 0.792. The zero-order valence-electron chi connectivity index (χ0n) is 14.2. The Balaban J connectivity index is 1.34. The minimum Gasteiger partial charge on any atom is -0.381 e. The van der Waals surface area contributed by atoms with Crippen molar-refractivity contribution >= 4 is 5.91 Å². The Morgan fingerprint density at radius 2 is 2.00 bits per heavy atom. The number of likely N-dealkylation sites (tertiary alicyclic amines) is 2. The van der Waals surface area contributed by atoms with Gasteiger partial charge in [-0.05, 0) is 44.4 Å². The normalized spacial score (nSPS) is 37.1. The smallest absolute Gasteiger partial charge is 0.222 e. The van der Waals surface area contributed by atoms with E-state index in [1.165, 1.54) is 19.4 Å². The zero-order chi connectivity index (χ0) is 15.7. The van der Waals surface area contributed by atoms with Gasteiger partial charge in [0.05, 0.1) is 5.60 Å². The maximum absolute atomic E-state index is 12.1. The minimum atomic E-state index is 0.0109. The average Bonchev–Trinajstić information content (AvgIpc) is 3.15. The van der Waals surface area contributed by atoms with Crippen LogP contribution in [0.25, 0.3) is 0 Å². The van der Waals surface area contributed by atoms with E-state index in [0.29, 0.717) is 11.9 Å². The molecule has 5 heteroatoms. The summed E-state index contributed by atoms with van der Waals surface area (Å²) in [5.74, 6) is 1.16. The molecule has 4 heterocycles. The van der Waals surface area contributed by atoms with Crippen LogP contribution in [0.15, 0.2) is 0 Å². The van der Waals surface area contributed by atoms with Gasteiger partial charge in [-0.15, -0.1) is 0 Å². The molecule has 4 aliphatic rings. The second-order valence-electron chi connectivity index (χ2n) is 7.91. The molecule has 4 saturated heterocycles. The lowest BCUT2D eigenvalue weighted by atomic mass is 9.88. The molecule has 0 unspecified atom stereocenters. The number of hydrogen-bond acceptors (Lipinski definition) is 4. The molecule has 4 aliphatic heterocycles. The van der Waals surface area contributed by atoms with E-state index < -0.39 is 0 Å². The minimum absolute atomic E-state index is 0.0109. The van der Waals surface area contributed by atoms with E-state index in [9.17, 15) is 4.79 Å². The van der Waals surface area contributed by atoms with Gasteiger partial charge in [-0.25, -0.2) is 0 Å². The number of amides is 1. The summed E-state index contributed by atoms with van der Waals surface area (Å²) in [6.45, 7) is 7.05. The van der Waals surface area contributed by atoms with Crippen molar-refractivity contribution in [3.05, 3.63) is 0 Å². The molecule has 0 aliphatic carbocycles. The van der Waals surface area contributed by atoms with Gasteiger partial charge in [-0.2, -0.15) is 0 Å². The van der Waals surface area contributed by atoms with Crippen molar-refractivity contribution in [1.29, 1.82) is 0 Å². The molecule has 0 aromatic rings. The van der Waals surface area contributed by atoms with Gasteiger partial charge in [0.25, 0.3) is 0 Å². The van der Waals surface area contributed by atoms with Crippen LogP contribution in [0, 0.1) is 5.92 Å². The van der Waals surface area contributed by atoms with E-state index in [-0.39, 0.29) is 5.60 Å². The lowest BCUT2D eigenvalue weighted by molar-refractivity contribution is -0.137. The van der Waals surface area contributed by atoms with Crippen molar-refractivity contribution in [2.45, 2.75) is 56.6 Å². The Hall–Kier alpha value is -0.650. The molecule has 23 heavy (non-hydrogen) atoms. The molecule has 1 amide bonds. The summed E-state index contributed by atoms with van der Waals surface area (Å²) in [6.07, 6.45) is 7.40. The first-order chi connectivity index (χ1) is 11.2. The van der Waals surface area contributed by atoms with Crippen molar-refractivity contribution in [3.63, 3.8) is 0 Å². The molecular weight excluding hydrogens is 292 g/mol. The van der Waals surface area contributed by atoms with Gasteiger partial charge >= 0.3 is 0 Å². The van der Waals surface area contributed by atoms with Crippen LogP contribution in [-0.2, 0) is 14.3 Å². The fourth-order valence-corrected chi connectivity index (χ4v) is 4.98. The molecule has 0 aromatic carbocycles. The van der Waals surface area contributed by atoms with Crippen LogP contribution in [0.5, 0.6) is 0 Å². The Bertz CT molecular complexity index is 438. The molecule has 4 rings (SSSR count). The molecule has 4 fully saturated rings. The average molecular weight is 322 g/mol. The third kappa shape index (κ3) is 3.42. The maximum atomic E-state index is 12.1. The third-order valence-electron chi connectivity index (χ3n) is 6.27. The van der Waals surface area contributed by atoms with Crippen molar-refractivity contribution in [1.82, 2.24) is 9.80 Å². The number of carbonyl (C=O) groups excluding carboxylic acids is 1. The molecule has 0 saturated carbocycles. The molecule has 1 spiro atoms. The summed E-state index contributed by atoms with van der Waals surface area (Å²) in [5, 5.41) is 0. The van der Waals surface area contributed by atoms with E-state index in [4.69, 9.17) is 9.47 Å². The highest BCUT2D eigenvalue weighted by Crippen LogP contribution is 2.37. The van der Waals surface area contributed by atoms with Gasteiger partial charge in [0.1, 0.15) is 0 Å². The van der Waals surface area contributed by atoms with Gasteiger partial charge in [0.2, 0.25) is 5.91 Å². The van der Waals surface area contributed by atoms with Gasteiger partial charge in [-0.3, -0.25) is 4.79 Å². The SMILES string of the molecule is O=C1CCCN1[C@H]1CCO[C@@]2(CCN(CC3CCOCC3)C2)C1. The summed E-state index contributed by atoms with van der Waals surface area (Å²) in [4.78, 5) is 16.8. The number of carbonyl (C=O) groups is 1. The number of ether oxygens (including phenoxy) is 2. The van der Waals surface area contributed by atoms with Crippen molar-refractivity contribution in [2.24, 2.45) is 5.92 Å². The second kappa shape index (κ2) is 6.69. The van der Waals surface area contributed by atoms with Crippen LogP contribution in [0.4, 0.5) is 0 Å². The second-order valence-corrected chi connectivity index (χ2v) is 7.91. The Kier molecular flexibility index (Phi) is 4.61. The summed E-state index contributed by atoms with van der Waals surface area (Å²) >= 11 is 0. The highest BCUT2D eigenvalue weighted by molar-refractivity contribution is 5.78. The summed E-state index contributed by atoms with van der Waals surface area (Å²) in [5.41, 5.74) is 0.0109. The van der Waals surface area contributed by atoms with Gasteiger partial charge in [-0.1, -0.05) is 0 Å². The van der Waals surface area contributed by atoms with E-state index >= 15 is 0 Å². The largest absolute Gasteiger partial charge is 0.381 e. The molecule has 0 aromatic heterocycles. The predicted octanol–water partition coefficient (Wildman–Crippen LogP) is 1.66. The predicted molar refractivity (Wildman–Crippen MR) is 87.3 cm³/mol. The number of nitrogens with zero attached hydrogens (tertiary/aromatic N) is 2. The highest BCUT2D eigenvalue weighted by atomic mass is 16.5. The molecule has 2 atom stereocenters. The van der Waals surface area contributed by atoms with E-state index in [0.717, 1.165) is 77.5 Å². The molecule has 0 N–H and O–H groups in total. The molecule has 5 nitrogen and oxygen atoms in total. The lowest BCUT2D eigenvalue weighted by Gasteiger charge is -2.42. The first-order valence-electron chi connectivity index (χ1n) is 9.48. The van der Waals surface area contributed by atoms with Crippen LogP contribution >= 0.6 is 0 Å². The van der Waals surface area contributed by atoms with Crippen molar-refractivity contribution < 1.29 is 14.3 Å². The molecule has 0 bridgehead atoms. The highest BCUT2D eigenvalue weighted by Gasteiger charge is 2.45. The maximum Gasteiger partial charge on any atom is 0.222 e. The van der Waals surface area contributed by atoms with Crippen molar-refractivity contribution in [2.75, 3.05) is 46.0 Å². The summed E-state index contributed by atoms with van der Waals surface area (Å²) < 4.78 is 11.7. The Morgan fingerprint density at radius 1 is 1.13 bits per heavy atom. The van der Waals surface area contributed by atoms with Crippen LogP contribution in [0.3, 0.4) is 0 Å². The topological polar surface area (TPSA) is 42.0 Å². The fourth-order valence-electron chi connectivity index (χ4n) is 4.98. The lowest BCUT2D eigenvalue weighted by Crippen LogP contribution is -2.50. The van der Waals surface area contributed by atoms with E-state index in [1.807, 2.05) is 0 Å². The first-order valence-corrected chi connectivity index (χ1v) is 9.48. The van der Waals surface area contributed by atoms with E-state index in [2.05, 4.69) is 9.80 Å². The monoisotopic (exact) mass is 322 g/mol.